The first-order valence-electron chi connectivity index (χ1n) is 5.54. The first-order valence-corrected chi connectivity index (χ1v) is 6.62. The average Bonchev–Trinajstić information content (AvgIpc) is 2.39. The lowest BCUT2D eigenvalue weighted by Crippen LogP contribution is -2.23. The molecule has 0 saturated carbocycles. The first kappa shape index (κ1) is 13.9. The maximum atomic E-state index is 13.4. The number of hydrogen-bond acceptors (Lipinski definition) is 1. The Balaban J connectivity index is 2.06. The molecule has 0 bridgehead atoms. The number of carbonyl (C=O) groups excluding carboxylic acids is 1. The highest BCUT2D eigenvalue weighted by Crippen LogP contribution is 2.11. The molecule has 2 aromatic carbocycles. The third-order valence-electron chi connectivity index (χ3n) is 2.53. The summed E-state index contributed by atoms with van der Waals surface area (Å²) in [6.07, 6.45) is 0. The van der Waals surface area contributed by atoms with Crippen LogP contribution in [0, 0.1) is 15.2 Å². The summed E-state index contributed by atoms with van der Waals surface area (Å²) < 4.78 is 27.3. The molecule has 0 aromatic heterocycles. The van der Waals surface area contributed by atoms with E-state index in [-0.39, 0.29) is 18.0 Å². The van der Waals surface area contributed by atoms with E-state index in [4.69, 9.17) is 0 Å². The fraction of sp³-hybridized carbons (Fsp3) is 0.0714. The van der Waals surface area contributed by atoms with Crippen LogP contribution in [0.5, 0.6) is 0 Å². The minimum atomic E-state index is -0.538. The van der Waals surface area contributed by atoms with Gasteiger partial charge in [-0.1, -0.05) is 6.07 Å². The van der Waals surface area contributed by atoms with Crippen molar-refractivity contribution in [3.8, 4) is 0 Å². The maximum absolute atomic E-state index is 13.4. The Labute approximate surface area is 123 Å². The highest BCUT2D eigenvalue weighted by molar-refractivity contribution is 14.1. The van der Waals surface area contributed by atoms with Crippen molar-refractivity contribution in [3.63, 3.8) is 0 Å². The van der Waals surface area contributed by atoms with Gasteiger partial charge < -0.3 is 5.32 Å². The smallest absolute Gasteiger partial charge is 0.251 e. The number of halogens is 3. The topological polar surface area (TPSA) is 29.1 Å². The third-order valence-corrected chi connectivity index (χ3v) is 3.20. The molecule has 0 aliphatic carbocycles. The molecule has 98 valence electrons. The first-order chi connectivity index (χ1) is 9.06. The van der Waals surface area contributed by atoms with Crippen molar-refractivity contribution in [2.45, 2.75) is 6.54 Å². The lowest BCUT2D eigenvalue weighted by Gasteiger charge is -2.07. The van der Waals surface area contributed by atoms with E-state index >= 15 is 0 Å². The SMILES string of the molecule is O=C(NCc1cc(F)ccc1F)c1cccc(I)c1. The van der Waals surface area contributed by atoms with Gasteiger partial charge in [-0.05, 0) is 59.0 Å². The van der Waals surface area contributed by atoms with Crippen LogP contribution in [0.1, 0.15) is 15.9 Å². The maximum Gasteiger partial charge on any atom is 0.251 e. The van der Waals surface area contributed by atoms with E-state index in [9.17, 15) is 13.6 Å². The number of nitrogens with one attached hydrogen (secondary N) is 1. The van der Waals surface area contributed by atoms with Gasteiger partial charge in [-0.15, -0.1) is 0 Å². The Morgan fingerprint density at radius 1 is 1.16 bits per heavy atom. The van der Waals surface area contributed by atoms with Gasteiger partial charge in [0.05, 0.1) is 0 Å². The zero-order chi connectivity index (χ0) is 13.8. The van der Waals surface area contributed by atoms with Crippen LogP contribution in [0.2, 0.25) is 0 Å². The fourth-order valence-electron chi connectivity index (χ4n) is 1.59. The van der Waals surface area contributed by atoms with E-state index in [2.05, 4.69) is 27.9 Å². The van der Waals surface area contributed by atoms with Crippen LogP contribution >= 0.6 is 22.6 Å². The molecule has 1 amide bonds. The molecule has 0 fully saturated rings. The zero-order valence-electron chi connectivity index (χ0n) is 9.79. The molecule has 1 N–H and O–H groups in total. The van der Waals surface area contributed by atoms with Crippen LogP contribution in [0.15, 0.2) is 42.5 Å². The minimum absolute atomic E-state index is 0.0477. The Bertz CT molecular complexity index is 616. The third kappa shape index (κ3) is 3.73. The molecule has 2 aromatic rings. The van der Waals surface area contributed by atoms with Crippen LogP contribution in [-0.4, -0.2) is 5.91 Å². The van der Waals surface area contributed by atoms with Gasteiger partial charge in [0.2, 0.25) is 0 Å². The summed E-state index contributed by atoms with van der Waals surface area (Å²) in [4.78, 5) is 11.8. The summed E-state index contributed by atoms with van der Waals surface area (Å²) in [5.41, 5.74) is 0.614. The highest BCUT2D eigenvalue weighted by Gasteiger charge is 2.08. The Morgan fingerprint density at radius 2 is 1.95 bits per heavy atom. The predicted octanol–water partition coefficient (Wildman–Crippen LogP) is 3.50. The summed E-state index contributed by atoms with van der Waals surface area (Å²) in [7, 11) is 0. The molecule has 0 radical (unpaired) electrons. The van der Waals surface area contributed by atoms with Crippen LogP contribution in [0.4, 0.5) is 8.78 Å². The number of hydrogen-bond donors (Lipinski definition) is 1. The van der Waals surface area contributed by atoms with Crippen molar-refractivity contribution in [2.75, 3.05) is 0 Å². The standard InChI is InChI=1S/C14H10F2INO/c15-11-4-5-13(16)10(6-11)8-18-14(19)9-2-1-3-12(17)7-9/h1-7H,8H2,(H,18,19). The van der Waals surface area contributed by atoms with E-state index in [1.54, 1.807) is 18.2 Å². The molecule has 2 nitrogen and oxygen atoms in total. The molecule has 19 heavy (non-hydrogen) atoms. The van der Waals surface area contributed by atoms with Gasteiger partial charge in [0, 0.05) is 21.2 Å². The van der Waals surface area contributed by atoms with Gasteiger partial charge in [-0.3, -0.25) is 4.79 Å². The van der Waals surface area contributed by atoms with Gasteiger partial charge in [0.15, 0.2) is 0 Å². The lowest BCUT2D eigenvalue weighted by atomic mass is 10.2. The van der Waals surface area contributed by atoms with E-state index in [0.717, 1.165) is 21.8 Å². The Morgan fingerprint density at radius 3 is 2.68 bits per heavy atom. The second kappa shape index (κ2) is 6.10. The van der Waals surface area contributed by atoms with Crippen LogP contribution in [0.3, 0.4) is 0 Å². The number of amides is 1. The molecule has 0 atom stereocenters. The van der Waals surface area contributed by atoms with Gasteiger partial charge in [-0.25, -0.2) is 8.78 Å². The normalized spacial score (nSPS) is 10.3. The van der Waals surface area contributed by atoms with E-state index < -0.39 is 11.6 Å². The number of rotatable bonds is 3. The molecule has 5 heteroatoms. The predicted molar refractivity (Wildman–Crippen MR) is 76.7 cm³/mol. The summed E-state index contributed by atoms with van der Waals surface area (Å²) in [6.45, 7) is -0.0477. The Hall–Kier alpha value is -1.50. The van der Waals surface area contributed by atoms with Crippen LogP contribution in [-0.2, 0) is 6.54 Å². The molecule has 2 rings (SSSR count). The van der Waals surface area contributed by atoms with E-state index in [1.165, 1.54) is 0 Å². The van der Waals surface area contributed by atoms with Crippen molar-refractivity contribution in [1.29, 1.82) is 0 Å². The van der Waals surface area contributed by atoms with Gasteiger partial charge in [0.25, 0.3) is 5.91 Å². The summed E-state index contributed by atoms with van der Waals surface area (Å²) in [5.74, 6) is -1.38. The lowest BCUT2D eigenvalue weighted by molar-refractivity contribution is 0.0950. The van der Waals surface area contributed by atoms with Crippen molar-refractivity contribution in [3.05, 3.63) is 68.8 Å². The summed E-state index contributed by atoms with van der Waals surface area (Å²) in [6, 6.07) is 10.2. The molecule has 0 heterocycles. The van der Waals surface area contributed by atoms with Crippen molar-refractivity contribution >= 4 is 28.5 Å². The average molecular weight is 373 g/mol. The minimum Gasteiger partial charge on any atom is -0.348 e. The molecule has 0 aliphatic heterocycles. The van der Waals surface area contributed by atoms with E-state index in [0.29, 0.717) is 5.56 Å². The van der Waals surface area contributed by atoms with Gasteiger partial charge in [-0.2, -0.15) is 0 Å². The molecule has 0 spiro atoms. The largest absolute Gasteiger partial charge is 0.348 e. The monoisotopic (exact) mass is 373 g/mol. The molecule has 0 saturated heterocycles. The fourth-order valence-corrected chi connectivity index (χ4v) is 2.13. The summed E-state index contributed by atoms with van der Waals surface area (Å²) in [5, 5.41) is 2.56. The van der Waals surface area contributed by atoms with Crippen LogP contribution in [0.25, 0.3) is 0 Å². The molecule has 0 aliphatic rings. The zero-order valence-corrected chi connectivity index (χ0v) is 11.9. The highest BCUT2D eigenvalue weighted by atomic mass is 127. The molecular formula is C14H10F2INO. The van der Waals surface area contributed by atoms with Crippen molar-refractivity contribution in [1.82, 2.24) is 5.32 Å². The second-order valence-electron chi connectivity index (χ2n) is 3.93. The molecule has 0 unspecified atom stereocenters. The van der Waals surface area contributed by atoms with Gasteiger partial charge in [0.1, 0.15) is 11.6 Å². The summed E-state index contributed by atoms with van der Waals surface area (Å²) >= 11 is 2.10. The number of carbonyl (C=O) groups is 1. The van der Waals surface area contributed by atoms with Crippen molar-refractivity contribution in [2.24, 2.45) is 0 Å². The number of benzene rings is 2. The Kier molecular flexibility index (Phi) is 4.47. The van der Waals surface area contributed by atoms with Gasteiger partial charge >= 0.3 is 0 Å². The quantitative estimate of drug-likeness (QED) is 0.820. The van der Waals surface area contributed by atoms with E-state index in [1.807, 2.05) is 6.07 Å². The molecular weight excluding hydrogens is 363 g/mol. The second-order valence-corrected chi connectivity index (χ2v) is 5.17. The van der Waals surface area contributed by atoms with Crippen LogP contribution < -0.4 is 5.32 Å². The van der Waals surface area contributed by atoms with Crippen molar-refractivity contribution < 1.29 is 13.6 Å².